The predicted octanol–water partition coefficient (Wildman–Crippen LogP) is 2.78. The topological polar surface area (TPSA) is 46.3 Å². The van der Waals surface area contributed by atoms with Gasteiger partial charge in [-0.1, -0.05) is 23.7 Å². The van der Waals surface area contributed by atoms with Crippen LogP contribution in [0.2, 0.25) is 5.02 Å². The largest absolute Gasteiger partial charge is 0.370 e. The number of carbonyl (C=O) groups is 1. The SMILES string of the molecule is CN1[C@H]2CC[C@@H]1[C@@H](CC(N)=O)[C@@H](c1ccc(Cl)cc1)C2. The minimum atomic E-state index is -0.187. The minimum absolute atomic E-state index is 0.187. The number of piperidine rings is 1. The Hall–Kier alpha value is -1.06. The fourth-order valence-electron chi connectivity index (χ4n) is 4.18. The Balaban J connectivity index is 1.91. The third-order valence-electron chi connectivity index (χ3n) is 5.17. The molecule has 2 aliphatic heterocycles. The summed E-state index contributed by atoms with van der Waals surface area (Å²) in [5.74, 6) is 0.568. The lowest BCUT2D eigenvalue weighted by Crippen LogP contribution is -2.46. The second-order valence-electron chi connectivity index (χ2n) is 6.19. The number of benzene rings is 1. The summed E-state index contributed by atoms with van der Waals surface area (Å²) in [5, 5.41) is 0.760. The summed E-state index contributed by atoms with van der Waals surface area (Å²) in [6.45, 7) is 0. The molecule has 1 amide bonds. The molecule has 2 saturated heterocycles. The number of rotatable bonds is 3. The zero-order valence-corrected chi connectivity index (χ0v) is 12.5. The Bertz CT molecular complexity index is 502. The first-order valence-corrected chi connectivity index (χ1v) is 7.69. The van der Waals surface area contributed by atoms with Gasteiger partial charge in [-0.3, -0.25) is 4.79 Å². The molecular formula is C16H21ClN2O. The molecule has 2 bridgehead atoms. The number of amides is 1. The highest BCUT2D eigenvalue weighted by atomic mass is 35.5. The summed E-state index contributed by atoms with van der Waals surface area (Å²) in [4.78, 5) is 13.9. The van der Waals surface area contributed by atoms with Gasteiger partial charge in [0.05, 0.1) is 0 Å². The average molecular weight is 293 g/mol. The number of halogens is 1. The van der Waals surface area contributed by atoms with Gasteiger partial charge < -0.3 is 10.6 Å². The van der Waals surface area contributed by atoms with Crippen molar-refractivity contribution in [2.24, 2.45) is 11.7 Å². The van der Waals surface area contributed by atoms with Crippen LogP contribution in [0.4, 0.5) is 0 Å². The van der Waals surface area contributed by atoms with E-state index in [9.17, 15) is 4.79 Å². The number of carbonyl (C=O) groups excluding carboxylic acids is 1. The Morgan fingerprint density at radius 2 is 2.05 bits per heavy atom. The van der Waals surface area contributed by atoms with Crippen LogP contribution in [0.5, 0.6) is 0 Å². The zero-order chi connectivity index (χ0) is 14.3. The molecule has 2 N–H and O–H groups in total. The van der Waals surface area contributed by atoms with E-state index < -0.39 is 0 Å². The predicted molar refractivity (Wildman–Crippen MR) is 80.7 cm³/mol. The molecule has 3 nitrogen and oxygen atoms in total. The van der Waals surface area contributed by atoms with E-state index in [1.807, 2.05) is 12.1 Å². The van der Waals surface area contributed by atoms with Crippen molar-refractivity contribution in [3.05, 3.63) is 34.9 Å². The van der Waals surface area contributed by atoms with Gasteiger partial charge in [0.1, 0.15) is 0 Å². The molecule has 4 heteroatoms. The normalized spacial score (nSPS) is 33.3. The lowest BCUT2D eigenvalue weighted by atomic mass is 9.74. The highest BCUT2D eigenvalue weighted by Crippen LogP contribution is 2.47. The van der Waals surface area contributed by atoms with Crippen LogP contribution < -0.4 is 5.73 Å². The van der Waals surface area contributed by atoms with Crippen LogP contribution in [0.15, 0.2) is 24.3 Å². The first kappa shape index (κ1) is 13.9. The van der Waals surface area contributed by atoms with E-state index in [-0.39, 0.29) is 5.91 Å². The van der Waals surface area contributed by atoms with E-state index in [2.05, 4.69) is 24.1 Å². The standard InChI is InChI=1S/C16H21ClN2O/c1-19-12-6-7-15(19)14(9-16(18)20)13(8-12)10-2-4-11(17)5-3-10/h2-5,12-15H,6-9H2,1H3,(H2,18,20)/t12-,13+,14-,15+/m0/s1. The Morgan fingerprint density at radius 1 is 1.35 bits per heavy atom. The molecule has 1 aromatic rings. The summed E-state index contributed by atoms with van der Waals surface area (Å²) in [5.41, 5.74) is 6.78. The molecule has 0 saturated carbocycles. The Morgan fingerprint density at radius 3 is 2.70 bits per heavy atom. The molecule has 2 aliphatic rings. The molecule has 0 spiro atoms. The van der Waals surface area contributed by atoms with Gasteiger partial charge >= 0.3 is 0 Å². The number of fused-ring (bicyclic) bond motifs is 2. The fraction of sp³-hybridized carbons (Fsp3) is 0.562. The van der Waals surface area contributed by atoms with Crippen molar-refractivity contribution in [1.29, 1.82) is 0 Å². The smallest absolute Gasteiger partial charge is 0.217 e. The van der Waals surface area contributed by atoms with Crippen molar-refractivity contribution in [3.8, 4) is 0 Å². The summed E-state index contributed by atoms with van der Waals surface area (Å²) < 4.78 is 0. The molecule has 0 aromatic heterocycles. The minimum Gasteiger partial charge on any atom is -0.370 e. The van der Waals surface area contributed by atoms with Gasteiger partial charge in [0.2, 0.25) is 5.91 Å². The van der Waals surface area contributed by atoms with Crippen molar-refractivity contribution in [2.75, 3.05) is 7.05 Å². The molecule has 20 heavy (non-hydrogen) atoms. The van der Waals surface area contributed by atoms with Crippen molar-refractivity contribution in [2.45, 2.75) is 43.7 Å². The molecule has 2 fully saturated rings. The highest BCUT2D eigenvalue weighted by Gasteiger charge is 2.46. The van der Waals surface area contributed by atoms with Crippen molar-refractivity contribution in [3.63, 3.8) is 0 Å². The lowest BCUT2D eigenvalue weighted by Gasteiger charge is -2.43. The van der Waals surface area contributed by atoms with Crippen LogP contribution in [-0.4, -0.2) is 29.9 Å². The van der Waals surface area contributed by atoms with Gasteiger partial charge in [-0.25, -0.2) is 0 Å². The van der Waals surface area contributed by atoms with E-state index in [1.54, 1.807) is 0 Å². The summed E-state index contributed by atoms with van der Waals surface area (Å²) in [6.07, 6.45) is 4.02. The van der Waals surface area contributed by atoms with Crippen LogP contribution in [0.1, 0.15) is 37.2 Å². The van der Waals surface area contributed by atoms with Crippen molar-refractivity contribution >= 4 is 17.5 Å². The van der Waals surface area contributed by atoms with Crippen LogP contribution in [-0.2, 0) is 4.79 Å². The van der Waals surface area contributed by atoms with Crippen molar-refractivity contribution < 1.29 is 4.79 Å². The highest BCUT2D eigenvalue weighted by molar-refractivity contribution is 6.30. The summed E-state index contributed by atoms with van der Waals surface area (Å²) >= 11 is 5.98. The Kier molecular flexibility index (Phi) is 3.74. The molecule has 1 aromatic carbocycles. The van der Waals surface area contributed by atoms with Crippen LogP contribution in [0, 0.1) is 5.92 Å². The van der Waals surface area contributed by atoms with Gasteiger partial charge in [0, 0.05) is 23.5 Å². The maximum absolute atomic E-state index is 11.5. The third-order valence-corrected chi connectivity index (χ3v) is 5.42. The number of nitrogens with two attached hydrogens (primary N) is 1. The molecule has 3 rings (SSSR count). The van der Waals surface area contributed by atoms with E-state index >= 15 is 0 Å². The van der Waals surface area contributed by atoms with Crippen molar-refractivity contribution in [1.82, 2.24) is 4.90 Å². The molecule has 2 heterocycles. The summed E-state index contributed by atoms with van der Waals surface area (Å²) in [7, 11) is 2.19. The van der Waals surface area contributed by atoms with Gasteiger partial charge in [-0.05, 0) is 55.8 Å². The van der Waals surface area contributed by atoms with Crippen LogP contribution in [0.25, 0.3) is 0 Å². The quantitative estimate of drug-likeness (QED) is 0.931. The molecule has 0 radical (unpaired) electrons. The zero-order valence-electron chi connectivity index (χ0n) is 11.8. The molecular weight excluding hydrogens is 272 g/mol. The van der Waals surface area contributed by atoms with E-state index in [0.717, 1.165) is 11.4 Å². The monoisotopic (exact) mass is 292 g/mol. The molecule has 108 valence electrons. The Labute approximate surface area is 125 Å². The number of hydrogen-bond acceptors (Lipinski definition) is 2. The van der Waals surface area contributed by atoms with E-state index in [1.165, 1.54) is 18.4 Å². The van der Waals surface area contributed by atoms with Gasteiger partial charge in [-0.2, -0.15) is 0 Å². The van der Waals surface area contributed by atoms with Crippen LogP contribution in [0.3, 0.4) is 0 Å². The number of primary amides is 1. The molecule has 0 aliphatic carbocycles. The van der Waals surface area contributed by atoms with E-state index in [0.29, 0.717) is 30.3 Å². The van der Waals surface area contributed by atoms with Gasteiger partial charge in [0.15, 0.2) is 0 Å². The molecule has 4 atom stereocenters. The van der Waals surface area contributed by atoms with Crippen LogP contribution >= 0.6 is 11.6 Å². The van der Waals surface area contributed by atoms with Gasteiger partial charge in [-0.15, -0.1) is 0 Å². The third kappa shape index (κ3) is 2.45. The first-order chi connectivity index (χ1) is 9.56. The number of nitrogens with zero attached hydrogens (tertiary/aromatic N) is 1. The lowest BCUT2D eigenvalue weighted by molar-refractivity contribution is -0.120. The average Bonchev–Trinajstić information content (AvgIpc) is 2.65. The van der Waals surface area contributed by atoms with E-state index in [4.69, 9.17) is 17.3 Å². The number of hydrogen-bond donors (Lipinski definition) is 1. The van der Waals surface area contributed by atoms with Gasteiger partial charge in [0.25, 0.3) is 0 Å². The second kappa shape index (κ2) is 5.38. The maximum Gasteiger partial charge on any atom is 0.217 e. The molecule has 0 unspecified atom stereocenters. The first-order valence-electron chi connectivity index (χ1n) is 7.32. The second-order valence-corrected chi connectivity index (χ2v) is 6.63. The fourth-order valence-corrected chi connectivity index (χ4v) is 4.31. The summed E-state index contributed by atoms with van der Waals surface area (Å²) in [6, 6.07) is 9.22. The maximum atomic E-state index is 11.5.